The topological polar surface area (TPSA) is 116 Å². The molecule has 0 aliphatic heterocycles. The highest BCUT2D eigenvalue weighted by molar-refractivity contribution is 7.88. The Morgan fingerprint density at radius 1 is 1.45 bits per heavy atom. The number of nitrogens with zero attached hydrogens (tertiary/aromatic N) is 1. The smallest absolute Gasteiger partial charge is 0.329 e. The van der Waals surface area contributed by atoms with Crippen LogP contribution in [0.5, 0.6) is 0 Å². The zero-order chi connectivity index (χ0) is 15.0. The van der Waals surface area contributed by atoms with Crippen LogP contribution in [0.3, 0.4) is 0 Å². The summed E-state index contributed by atoms with van der Waals surface area (Å²) in [5, 5.41) is 17.1. The summed E-state index contributed by atoms with van der Waals surface area (Å²) in [5.74, 6) is -1.36. The molecule has 1 rings (SSSR count). The first-order valence-electron chi connectivity index (χ1n) is 5.69. The van der Waals surface area contributed by atoms with Crippen molar-refractivity contribution in [3.8, 4) is 6.07 Å². The van der Waals surface area contributed by atoms with Crippen LogP contribution in [-0.2, 0) is 25.3 Å². The lowest BCUT2D eigenvalue weighted by atomic mass is 10.2. The Labute approximate surface area is 116 Å². The molecular weight excluding hydrogens is 284 g/mol. The number of nitrogens with one attached hydrogen (secondary N) is 1. The molecule has 7 nitrogen and oxygen atoms in total. The van der Waals surface area contributed by atoms with Crippen LogP contribution in [0.15, 0.2) is 24.3 Å². The summed E-state index contributed by atoms with van der Waals surface area (Å²) in [5.41, 5.74) is 0.894. The highest BCUT2D eigenvalue weighted by atomic mass is 32.2. The maximum absolute atomic E-state index is 11.7. The Kier molecular flexibility index (Phi) is 6.11. The molecule has 108 valence electrons. The van der Waals surface area contributed by atoms with Gasteiger partial charge >= 0.3 is 5.97 Å². The van der Waals surface area contributed by atoms with E-state index < -0.39 is 22.6 Å². The third-order valence-corrected chi connectivity index (χ3v) is 3.56. The number of carboxylic acids is 1. The number of hydrogen-bond donors (Lipinski definition) is 2. The highest BCUT2D eigenvalue weighted by Gasteiger charge is 2.11. The number of benzene rings is 1. The standard InChI is InChI=1S/C12H14N2O5S/c13-7-10-2-1-3-11(6-10)9-20(17,18)14-4-5-19-8-12(15)16/h1-3,6,14H,4-5,8-9H2,(H,15,16). The van der Waals surface area contributed by atoms with Gasteiger partial charge < -0.3 is 9.84 Å². The fourth-order valence-corrected chi connectivity index (χ4v) is 2.54. The predicted octanol–water partition coefficient (Wildman–Crippen LogP) is 0.0789. The third kappa shape index (κ3) is 6.29. The molecule has 1 aromatic rings. The second kappa shape index (κ2) is 7.59. The van der Waals surface area contributed by atoms with Gasteiger partial charge in [-0.3, -0.25) is 0 Å². The van der Waals surface area contributed by atoms with Gasteiger partial charge in [-0.05, 0) is 17.7 Å². The number of ether oxygens (including phenoxy) is 1. The first-order valence-corrected chi connectivity index (χ1v) is 7.34. The molecule has 0 radical (unpaired) electrons. The normalized spacial score (nSPS) is 10.9. The summed E-state index contributed by atoms with van der Waals surface area (Å²) in [4.78, 5) is 10.2. The molecule has 0 bridgehead atoms. The Morgan fingerprint density at radius 3 is 2.85 bits per heavy atom. The molecule has 1 aromatic carbocycles. The van der Waals surface area contributed by atoms with Crippen molar-refractivity contribution in [2.45, 2.75) is 5.75 Å². The largest absolute Gasteiger partial charge is 0.480 e. The summed E-state index contributed by atoms with van der Waals surface area (Å²) in [7, 11) is -3.55. The number of carbonyl (C=O) groups is 1. The number of sulfonamides is 1. The Balaban J connectivity index is 2.45. The van der Waals surface area contributed by atoms with E-state index >= 15 is 0 Å². The number of hydrogen-bond acceptors (Lipinski definition) is 5. The average molecular weight is 298 g/mol. The Hall–Kier alpha value is -1.95. The van der Waals surface area contributed by atoms with Gasteiger partial charge in [-0.1, -0.05) is 12.1 Å². The summed E-state index contributed by atoms with van der Waals surface area (Å²) < 4.78 is 30.5. The molecule has 0 atom stereocenters. The van der Waals surface area contributed by atoms with Gasteiger partial charge in [0.1, 0.15) is 6.61 Å². The molecule has 0 fully saturated rings. The highest BCUT2D eigenvalue weighted by Crippen LogP contribution is 2.07. The molecule has 0 aliphatic carbocycles. The molecule has 8 heteroatoms. The van der Waals surface area contributed by atoms with Crippen LogP contribution >= 0.6 is 0 Å². The van der Waals surface area contributed by atoms with E-state index in [2.05, 4.69) is 4.72 Å². The monoisotopic (exact) mass is 298 g/mol. The molecule has 2 N–H and O–H groups in total. The van der Waals surface area contributed by atoms with E-state index in [1.807, 2.05) is 6.07 Å². The van der Waals surface area contributed by atoms with Gasteiger partial charge in [0.05, 0.1) is 24.0 Å². The summed E-state index contributed by atoms with van der Waals surface area (Å²) in [6, 6.07) is 8.24. The van der Waals surface area contributed by atoms with Crippen LogP contribution in [0.25, 0.3) is 0 Å². The minimum absolute atomic E-state index is 0.00639. The molecule has 0 aliphatic rings. The van der Waals surface area contributed by atoms with Crippen molar-refractivity contribution in [3.05, 3.63) is 35.4 Å². The van der Waals surface area contributed by atoms with Gasteiger partial charge in [0, 0.05) is 6.54 Å². The van der Waals surface area contributed by atoms with Crippen molar-refractivity contribution in [1.82, 2.24) is 4.72 Å². The second-order valence-electron chi connectivity index (χ2n) is 3.91. The summed E-state index contributed by atoms with van der Waals surface area (Å²) >= 11 is 0. The van der Waals surface area contributed by atoms with Gasteiger partial charge in [-0.25, -0.2) is 17.9 Å². The number of rotatable bonds is 8. The lowest BCUT2D eigenvalue weighted by Crippen LogP contribution is -2.29. The van der Waals surface area contributed by atoms with Gasteiger partial charge in [0.2, 0.25) is 10.0 Å². The summed E-state index contributed by atoms with van der Waals surface area (Å²) in [6.07, 6.45) is 0. The van der Waals surface area contributed by atoms with Crippen LogP contribution in [0, 0.1) is 11.3 Å². The van der Waals surface area contributed by atoms with Crippen molar-refractivity contribution in [1.29, 1.82) is 5.26 Å². The van der Waals surface area contributed by atoms with Gasteiger partial charge in [0.15, 0.2) is 0 Å². The minimum atomic E-state index is -3.55. The van der Waals surface area contributed by atoms with E-state index in [4.69, 9.17) is 15.1 Å². The van der Waals surface area contributed by atoms with E-state index in [0.717, 1.165) is 0 Å². The molecule has 0 saturated heterocycles. The van der Waals surface area contributed by atoms with E-state index in [0.29, 0.717) is 11.1 Å². The van der Waals surface area contributed by atoms with Crippen molar-refractivity contribution < 1.29 is 23.1 Å². The zero-order valence-electron chi connectivity index (χ0n) is 10.6. The molecule has 0 spiro atoms. The fraction of sp³-hybridized carbons (Fsp3) is 0.333. The first-order chi connectivity index (χ1) is 9.43. The average Bonchev–Trinajstić information content (AvgIpc) is 2.37. The van der Waals surface area contributed by atoms with Gasteiger partial charge in [-0.15, -0.1) is 0 Å². The number of nitriles is 1. The Morgan fingerprint density at radius 2 is 2.20 bits per heavy atom. The predicted molar refractivity (Wildman–Crippen MR) is 70.2 cm³/mol. The van der Waals surface area contributed by atoms with Crippen LogP contribution in [0.1, 0.15) is 11.1 Å². The van der Waals surface area contributed by atoms with Crippen molar-refractivity contribution in [3.63, 3.8) is 0 Å². The minimum Gasteiger partial charge on any atom is -0.480 e. The van der Waals surface area contributed by atoms with Crippen LogP contribution in [0.2, 0.25) is 0 Å². The van der Waals surface area contributed by atoms with Crippen LogP contribution in [-0.4, -0.2) is 39.3 Å². The maximum Gasteiger partial charge on any atom is 0.329 e. The van der Waals surface area contributed by atoms with E-state index in [9.17, 15) is 13.2 Å². The molecule has 0 saturated carbocycles. The quantitative estimate of drug-likeness (QED) is 0.656. The molecule has 0 heterocycles. The Bertz CT molecular complexity index is 607. The molecule has 20 heavy (non-hydrogen) atoms. The van der Waals surface area contributed by atoms with E-state index in [-0.39, 0.29) is 18.9 Å². The third-order valence-electron chi connectivity index (χ3n) is 2.21. The molecule has 0 unspecified atom stereocenters. The molecule has 0 aromatic heterocycles. The fourth-order valence-electron chi connectivity index (χ4n) is 1.43. The first kappa shape index (κ1) is 16.1. The van der Waals surface area contributed by atoms with E-state index in [1.165, 1.54) is 6.07 Å². The van der Waals surface area contributed by atoms with Crippen molar-refractivity contribution >= 4 is 16.0 Å². The van der Waals surface area contributed by atoms with Crippen LogP contribution in [0.4, 0.5) is 0 Å². The zero-order valence-corrected chi connectivity index (χ0v) is 11.4. The van der Waals surface area contributed by atoms with Crippen molar-refractivity contribution in [2.75, 3.05) is 19.8 Å². The molecular formula is C12H14N2O5S. The maximum atomic E-state index is 11.7. The molecule has 0 amide bonds. The van der Waals surface area contributed by atoms with Crippen molar-refractivity contribution in [2.24, 2.45) is 0 Å². The van der Waals surface area contributed by atoms with Gasteiger partial charge in [-0.2, -0.15) is 5.26 Å². The summed E-state index contributed by atoms with van der Waals surface area (Å²) in [6.45, 7) is -0.497. The van der Waals surface area contributed by atoms with E-state index in [1.54, 1.807) is 18.2 Å². The SMILES string of the molecule is N#Cc1cccc(CS(=O)(=O)NCCOCC(=O)O)c1. The lowest BCUT2D eigenvalue weighted by molar-refractivity contribution is -0.142. The number of aliphatic carboxylic acids is 1. The van der Waals surface area contributed by atoms with Gasteiger partial charge in [0.25, 0.3) is 0 Å². The number of carboxylic acid groups (broad SMARTS) is 1. The lowest BCUT2D eigenvalue weighted by Gasteiger charge is -2.07. The van der Waals surface area contributed by atoms with Crippen LogP contribution < -0.4 is 4.72 Å². The second-order valence-corrected chi connectivity index (χ2v) is 5.72.